The fourth-order valence-corrected chi connectivity index (χ4v) is 1.73. The molecule has 19 heavy (non-hydrogen) atoms. The maximum atomic E-state index is 10.8. The summed E-state index contributed by atoms with van der Waals surface area (Å²) in [7, 11) is 1.61. The maximum absolute atomic E-state index is 10.8. The van der Waals surface area contributed by atoms with Crippen molar-refractivity contribution in [2.45, 2.75) is 13.5 Å². The van der Waals surface area contributed by atoms with E-state index in [1.165, 1.54) is 6.07 Å². The molecule has 0 aliphatic heterocycles. The van der Waals surface area contributed by atoms with Crippen molar-refractivity contribution in [1.29, 1.82) is 0 Å². The highest BCUT2D eigenvalue weighted by atomic mass is 16.5. The van der Waals surface area contributed by atoms with Crippen molar-refractivity contribution in [3.05, 3.63) is 47.4 Å². The Labute approximate surface area is 110 Å². The summed E-state index contributed by atoms with van der Waals surface area (Å²) in [6.45, 7) is 2.24. The third kappa shape index (κ3) is 3.07. The molecule has 1 heterocycles. The summed E-state index contributed by atoms with van der Waals surface area (Å²) in [6, 6.07) is 9.05. The van der Waals surface area contributed by atoms with Gasteiger partial charge < -0.3 is 19.6 Å². The number of nitrogens with one attached hydrogen (secondary N) is 1. The van der Waals surface area contributed by atoms with Crippen molar-refractivity contribution >= 4 is 11.7 Å². The summed E-state index contributed by atoms with van der Waals surface area (Å²) < 4.78 is 10.3. The molecule has 2 N–H and O–H groups in total. The molecule has 2 rings (SSSR count). The standard InChI is InChI=1S/C14H15NO4/c1-9-10(6-13(19-9)14(16)17)8-15-11-4-3-5-12(7-11)18-2/h3-7,15H,8H2,1-2H3,(H,16,17). The van der Waals surface area contributed by atoms with Gasteiger partial charge in [0, 0.05) is 23.9 Å². The van der Waals surface area contributed by atoms with E-state index >= 15 is 0 Å². The van der Waals surface area contributed by atoms with Gasteiger partial charge in [-0.15, -0.1) is 0 Å². The van der Waals surface area contributed by atoms with E-state index in [1.807, 2.05) is 24.3 Å². The number of methoxy groups -OCH3 is 1. The quantitative estimate of drug-likeness (QED) is 0.865. The molecule has 1 aromatic heterocycles. The maximum Gasteiger partial charge on any atom is 0.371 e. The number of hydrogen-bond donors (Lipinski definition) is 2. The van der Waals surface area contributed by atoms with Gasteiger partial charge in [-0.3, -0.25) is 0 Å². The first kappa shape index (κ1) is 13.0. The largest absolute Gasteiger partial charge is 0.497 e. The van der Waals surface area contributed by atoms with E-state index in [-0.39, 0.29) is 5.76 Å². The average molecular weight is 261 g/mol. The van der Waals surface area contributed by atoms with Gasteiger partial charge in [-0.05, 0) is 25.1 Å². The molecular weight excluding hydrogens is 246 g/mol. The van der Waals surface area contributed by atoms with Crippen molar-refractivity contribution in [3.8, 4) is 5.75 Å². The molecule has 5 nitrogen and oxygen atoms in total. The second-order valence-corrected chi connectivity index (χ2v) is 4.08. The van der Waals surface area contributed by atoms with Crippen molar-refractivity contribution in [3.63, 3.8) is 0 Å². The third-order valence-corrected chi connectivity index (χ3v) is 2.78. The van der Waals surface area contributed by atoms with E-state index in [0.717, 1.165) is 17.0 Å². The first-order chi connectivity index (χ1) is 9.10. The molecule has 5 heteroatoms. The number of carboxylic acid groups (broad SMARTS) is 1. The highest BCUT2D eigenvalue weighted by Crippen LogP contribution is 2.19. The molecule has 0 fully saturated rings. The first-order valence-corrected chi connectivity index (χ1v) is 5.80. The van der Waals surface area contributed by atoms with E-state index < -0.39 is 5.97 Å². The van der Waals surface area contributed by atoms with Gasteiger partial charge in [0.1, 0.15) is 11.5 Å². The summed E-state index contributed by atoms with van der Waals surface area (Å²) in [6.07, 6.45) is 0. The highest BCUT2D eigenvalue weighted by molar-refractivity contribution is 5.84. The van der Waals surface area contributed by atoms with Gasteiger partial charge in [0.2, 0.25) is 5.76 Å². The predicted molar refractivity (Wildman–Crippen MR) is 70.7 cm³/mol. The molecule has 2 aromatic rings. The van der Waals surface area contributed by atoms with Crippen LogP contribution in [0.2, 0.25) is 0 Å². The number of carboxylic acids is 1. The van der Waals surface area contributed by atoms with Gasteiger partial charge in [0.05, 0.1) is 7.11 Å². The lowest BCUT2D eigenvalue weighted by atomic mass is 10.2. The molecule has 0 radical (unpaired) electrons. The van der Waals surface area contributed by atoms with Crippen LogP contribution in [0.25, 0.3) is 0 Å². The second-order valence-electron chi connectivity index (χ2n) is 4.08. The van der Waals surface area contributed by atoms with E-state index in [0.29, 0.717) is 12.3 Å². The fourth-order valence-electron chi connectivity index (χ4n) is 1.73. The first-order valence-electron chi connectivity index (χ1n) is 5.80. The van der Waals surface area contributed by atoms with Gasteiger partial charge in [-0.25, -0.2) is 4.79 Å². The number of furan rings is 1. The Hall–Kier alpha value is -2.43. The van der Waals surface area contributed by atoms with Gasteiger partial charge in [0.25, 0.3) is 0 Å². The Bertz CT molecular complexity index is 589. The van der Waals surface area contributed by atoms with Crippen LogP contribution in [0, 0.1) is 6.92 Å². The van der Waals surface area contributed by atoms with E-state index in [2.05, 4.69) is 5.32 Å². The topological polar surface area (TPSA) is 71.7 Å². The fraction of sp³-hybridized carbons (Fsp3) is 0.214. The van der Waals surface area contributed by atoms with Gasteiger partial charge in [-0.1, -0.05) is 6.07 Å². The SMILES string of the molecule is COc1cccc(NCc2cc(C(=O)O)oc2C)c1. The number of benzene rings is 1. The van der Waals surface area contributed by atoms with Gasteiger partial charge >= 0.3 is 5.97 Å². The van der Waals surface area contributed by atoms with Crippen LogP contribution in [0.4, 0.5) is 5.69 Å². The van der Waals surface area contributed by atoms with Crippen LogP contribution in [-0.2, 0) is 6.54 Å². The Morgan fingerprint density at radius 3 is 2.84 bits per heavy atom. The lowest BCUT2D eigenvalue weighted by molar-refractivity contribution is 0.0661. The van der Waals surface area contributed by atoms with E-state index in [4.69, 9.17) is 14.3 Å². The monoisotopic (exact) mass is 261 g/mol. The summed E-state index contributed by atoms with van der Waals surface area (Å²) >= 11 is 0. The smallest absolute Gasteiger partial charge is 0.371 e. The molecule has 0 unspecified atom stereocenters. The molecule has 0 saturated carbocycles. The van der Waals surface area contributed by atoms with Crippen LogP contribution < -0.4 is 10.1 Å². The summed E-state index contributed by atoms with van der Waals surface area (Å²) in [5.41, 5.74) is 1.72. The Balaban J connectivity index is 2.07. The van der Waals surface area contributed by atoms with Crippen molar-refractivity contribution in [2.75, 3.05) is 12.4 Å². The van der Waals surface area contributed by atoms with Crippen molar-refractivity contribution in [1.82, 2.24) is 0 Å². The number of ether oxygens (including phenoxy) is 1. The molecule has 0 aliphatic rings. The van der Waals surface area contributed by atoms with E-state index in [9.17, 15) is 4.79 Å². The third-order valence-electron chi connectivity index (χ3n) is 2.78. The average Bonchev–Trinajstić information content (AvgIpc) is 2.78. The predicted octanol–water partition coefficient (Wildman–Crippen LogP) is 2.91. The van der Waals surface area contributed by atoms with Crippen LogP contribution in [-0.4, -0.2) is 18.2 Å². The number of carbonyl (C=O) groups is 1. The molecule has 100 valence electrons. The summed E-state index contributed by atoms with van der Waals surface area (Å²) in [5.74, 6) is 0.267. The zero-order valence-electron chi connectivity index (χ0n) is 10.8. The van der Waals surface area contributed by atoms with Gasteiger partial charge in [0.15, 0.2) is 0 Å². The minimum atomic E-state index is -1.06. The molecule has 0 saturated heterocycles. The zero-order chi connectivity index (χ0) is 13.8. The van der Waals surface area contributed by atoms with Crippen LogP contribution in [0.1, 0.15) is 21.9 Å². The van der Waals surface area contributed by atoms with Crippen molar-refractivity contribution < 1.29 is 19.1 Å². The molecule has 1 aromatic carbocycles. The summed E-state index contributed by atoms with van der Waals surface area (Å²) in [5, 5.41) is 12.0. The van der Waals surface area contributed by atoms with Crippen molar-refractivity contribution in [2.24, 2.45) is 0 Å². The molecule has 0 atom stereocenters. The number of hydrogen-bond acceptors (Lipinski definition) is 4. The molecule has 0 bridgehead atoms. The van der Waals surface area contributed by atoms with Gasteiger partial charge in [-0.2, -0.15) is 0 Å². The number of anilines is 1. The Morgan fingerprint density at radius 1 is 1.42 bits per heavy atom. The normalized spacial score (nSPS) is 10.2. The molecule has 0 amide bonds. The number of aromatic carboxylic acids is 1. The molecule has 0 spiro atoms. The second kappa shape index (κ2) is 5.48. The Kier molecular flexibility index (Phi) is 3.75. The number of aryl methyl sites for hydroxylation is 1. The zero-order valence-corrected chi connectivity index (χ0v) is 10.8. The van der Waals surface area contributed by atoms with Crippen LogP contribution in [0.5, 0.6) is 5.75 Å². The molecule has 0 aliphatic carbocycles. The summed E-state index contributed by atoms with van der Waals surface area (Å²) in [4.78, 5) is 10.8. The minimum absolute atomic E-state index is 0.0417. The highest BCUT2D eigenvalue weighted by Gasteiger charge is 2.12. The van der Waals surface area contributed by atoms with Crippen LogP contribution in [0.15, 0.2) is 34.7 Å². The minimum Gasteiger partial charge on any atom is -0.497 e. The number of rotatable bonds is 5. The van der Waals surface area contributed by atoms with Crippen LogP contribution >= 0.6 is 0 Å². The Morgan fingerprint density at radius 2 is 2.21 bits per heavy atom. The lowest BCUT2D eigenvalue weighted by Crippen LogP contribution is -1.99. The van der Waals surface area contributed by atoms with E-state index in [1.54, 1.807) is 14.0 Å². The van der Waals surface area contributed by atoms with Crippen LogP contribution in [0.3, 0.4) is 0 Å². The lowest BCUT2D eigenvalue weighted by Gasteiger charge is -2.07. The molecular formula is C14H15NO4.